The number of hydrogen-bond donors (Lipinski definition) is 0. The van der Waals surface area contributed by atoms with Gasteiger partial charge in [-0.15, -0.1) is 0 Å². The third-order valence-corrected chi connectivity index (χ3v) is 5.83. The second-order valence-electron chi connectivity index (χ2n) is 8.57. The molecule has 0 bridgehead atoms. The summed E-state index contributed by atoms with van der Waals surface area (Å²) in [5.41, 5.74) is -6.67. The number of ketones is 1. The van der Waals surface area contributed by atoms with Crippen molar-refractivity contribution in [2.24, 2.45) is 0 Å². The predicted octanol–water partition coefficient (Wildman–Crippen LogP) is 7.10. The van der Waals surface area contributed by atoms with Gasteiger partial charge in [-0.05, 0) is 59.7 Å². The van der Waals surface area contributed by atoms with E-state index in [-0.39, 0.29) is 48.5 Å². The lowest BCUT2D eigenvalue weighted by Crippen LogP contribution is -2.23. The first-order valence-corrected chi connectivity index (χ1v) is 11.0. The summed E-state index contributed by atoms with van der Waals surface area (Å²) in [6.07, 6.45) is -14.8. The second-order valence-corrected chi connectivity index (χ2v) is 8.57. The molecule has 1 aliphatic rings. The molecule has 3 aromatic rings. The van der Waals surface area contributed by atoms with Crippen molar-refractivity contribution in [3.63, 3.8) is 0 Å². The quantitative estimate of drug-likeness (QED) is 0.191. The predicted molar refractivity (Wildman–Crippen MR) is 119 cm³/mol. The van der Waals surface area contributed by atoms with Gasteiger partial charge in [-0.25, -0.2) is 0 Å². The number of halogens is 9. The number of carbonyl (C=O) groups is 2. The van der Waals surface area contributed by atoms with E-state index in [1.807, 2.05) is 0 Å². The number of amides is 1. The minimum absolute atomic E-state index is 0.00424. The Morgan fingerprint density at radius 3 is 2.03 bits per heavy atom. The van der Waals surface area contributed by atoms with Crippen molar-refractivity contribution in [1.82, 2.24) is 9.88 Å². The number of pyridine rings is 1. The Kier molecular flexibility index (Phi) is 7.04. The van der Waals surface area contributed by atoms with Gasteiger partial charge < -0.3 is 4.90 Å². The molecule has 0 atom stereocenters. The van der Waals surface area contributed by atoms with Crippen molar-refractivity contribution in [2.75, 3.05) is 0 Å². The molecule has 4 nitrogen and oxygen atoms in total. The molecule has 0 fully saturated rings. The van der Waals surface area contributed by atoms with Crippen LogP contribution >= 0.6 is 0 Å². The van der Waals surface area contributed by atoms with Gasteiger partial charge in [-0.1, -0.05) is 12.1 Å². The van der Waals surface area contributed by atoms with Gasteiger partial charge in [0, 0.05) is 23.9 Å². The van der Waals surface area contributed by atoms with Crippen molar-refractivity contribution in [2.45, 2.75) is 31.6 Å². The molecule has 13 heteroatoms. The first kappa shape index (κ1) is 27.9. The maximum Gasteiger partial charge on any atom is 0.417 e. The Morgan fingerprint density at radius 2 is 1.49 bits per heavy atom. The SMILES string of the molecule is O=C(C=C(c1cc(C(F)(F)F)cc(C(F)(F)F)c1)C(F)(F)F)c1ccc2c(c1)CN(Cc1ccccn1)C2=O. The molecule has 1 amide bonds. The Hall–Kier alpha value is -4.16. The Bertz CT molecular complexity index is 1420. The molecule has 0 saturated carbocycles. The number of hydrogen-bond acceptors (Lipinski definition) is 3. The smallest absolute Gasteiger partial charge is 0.328 e. The van der Waals surface area contributed by atoms with Gasteiger partial charge >= 0.3 is 18.5 Å². The highest BCUT2D eigenvalue weighted by atomic mass is 19.4. The molecule has 1 aliphatic heterocycles. The van der Waals surface area contributed by atoms with E-state index in [1.165, 1.54) is 17.2 Å². The van der Waals surface area contributed by atoms with Crippen molar-refractivity contribution in [3.8, 4) is 0 Å². The number of benzene rings is 2. The molecule has 39 heavy (non-hydrogen) atoms. The fraction of sp³-hybridized carbons (Fsp3) is 0.192. The van der Waals surface area contributed by atoms with E-state index >= 15 is 0 Å². The van der Waals surface area contributed by atoms with E-state index in [1.54, 1.807) is 18.2 Å². The van der Waals surface area contributed by atoms with Crippen molar-refractivity contribution < 1.29 is 49.1 Å². The van der Waals surface area contributed by atoms with Gasteiger partial charge in [0.05, 0.1) is 28.9 Å². The lowest BCUT2D eigenvalue weighted by atomic mass is 9.96. The summed E-state index contributed by atoms with van der Waals surface area (Å²) in [7, 11) is 0. The average molecular weight is 558 g/mol. The summed E-state index contributed by atoms with van der Waals surface area (Å²) < 4.78 is 121. The monoisotopic (exact) mass is 558 g/mol. The highest BCUT2D eigenvalue weighted by Crippen LogP contribution is 2.41. The Morgan fingerprint density at radius 1 is 0.846 bits per heavy atom. The number of rotatable bonds is 5. The molecule has 204 valence electrons. The summed E-state index contributed by atoms with van der Waals surface area (Å²) in [5, 5.41) is 0. The van der Waals surface area contributed by atoms with Crippen LogP contribution in [0.4, 0.5) is 39.5 Å². The van der Waals surface area contributed by atoms with Crippen LogP contribution in [0, 0.1) is 0 Å². The molecule has 2 aromatic carbocycles. The van der Waals surface area contributed by atoms with Crippen LogP contribution < -0.4 is 0 Å². The minimum Gasteiger partial charge on any atom is -0.328 e. The summed E-state index contributed by atoms with van der Waals surface area (Å²) in [6, 6.07) is 7.98. The van der Waals surface area contributed by atoms with Crippen molar-refractivity contribution >= 4 is 17.3 Å². The summed E-state index contributed by atoms with van der Waals surface area (Å²) >= 11 is 0. The van der Waals surface area contributed by atoms with E-state index < -0.39 is 52.5 Å². The van der Waals surface area contributed by atoms with Crippen LogP contribution in [0.2, 0.25) is 0 Å². The zero-order chi connectivity index (χ0) is 28.8. The summed E-state index contributed by atoms with van der Waals surface area (Å²) in [5.74, 6) is -1.74. The van der Waals surface area contributed by atoms with Crippen LogP contribution in [-0.4, -0.2) is 27.8 Å². The minimum atomic E-state index is -5.48. The van der Waals surface area contributed by atoms with Gasteiger partial charge in [-0.3, -0.25) is 14.6 Å². The summed E-state index contributed by atoms with van der Waals surface area (Å²) in [4.78, 5) is 30.9. The lowest BCUT2D eigenvalue weighted by Gasteiger charge is -2.17. The molecule has 0 spiro atoms. The molecule has 1 aromatic heterocycles. The molecule has 0 N–H and O–H groups in total. The molecule has 0 unspecified atom stereocenters. The van der Waals surface area contributed by atoms with Gasteiger partial charge in [0.1, 0.15) is 0 Å². The second kappa shape index (κ2) is 9.86. The third kappa shape index (κ3) is 6.13. The molecular formula is C26H15F9N2O2. The fourth-order valence-corrected chi connectivity index (χ4v) is 4.00. The number of fused-ring (bicyclic) bond motifs is 1. The molecule has 2 heterocycles. The van der Waals surface area contributed by atoms with Crippen LogP contribution in [0.3, 0.4) is 0 Å². The lowest BCUT2D eigenvalue weighted by molar-refractivity contribution is -0.143. The molecule has 0 aliphatic carbocycles. The van der Waals surface area contributed by atoms with Crippen molar-refractivity contribution in [3.05, 3.63) is 106 Å². The zero-order valence-electron chi connectivity index (χ0n) is 19.4. The van der Waals surface area contributed by atoms with Crippen LogP contribution in [0.15, 0.2) is 66.9 Å². The van der Waals surface area contributed by atoms with E-state index in [0.717, 1.165) is 12.1 Å². The average Bonchev–Trinajstić information content (AvgIpc) is 3.15. The first-order chi connectivity index (χ1) is 18.0. The van der Waals surface area contributed by atoms with Crippen LogP contribution in [0.5, 0.6) is 0 Å². The van der Waals surface area contributed by atoms with Gasteiger partial charge in [0.2, 0.25) is 0 Å². The third-order valence-electron chi connectivity index (χ3n) is 5.83. The maximum absolute atomic E-state index is 13.8. The largest absolute Gasteiger partial charge is 0.417 e. The first-order valence-electron chi connectivity index (χ1n) is 11.0. The Balaban J connectivity index is 1.70. The summed E-state index contributed by atoms with van der Waals surface area (Å²) in [6.45, 7) is 0.122. The van der Waals surface area contributed by atoms with Gasteiger partial charge in [0.25, 0.3) is 5.91 Å². The van der Waals surface area contributed by atoms with Gasteiger partial charge in [-0.2, -0.15) is 39.5 Å². The van der Waals surface area contributed by atoms with Crippen LogP contribution in [0.25, 0.3) is 5.57 Å². The number of nitrogens with zero attached hydrogens (tertiary/aromatic N) is 2. The number of aromatic nitrogens is 1. The number of alkyl halides is 9. The number of allylic oxidation sites excluding steroid dienone is 2. The van der Waals surface area contributed by atoms with E-state index in [4.69, 9.17) is 0 Å². The number of carbonyl (C=O) groups excluding carboxylic acids is 2. The molecule has 0 saturated heterocycles. The Labute approximate surface area is 214 Å². The molecule has 4 rings (SSSR count). The van der Waals surface area contributed by atoms with Crippen LogP contribution in [-0.2, 0) is 25.4 Å². The highest BCUT2D eigenvalue weighted by Gasteiger charge is 2.41. The van der Waals surface area contributed by atoms with Gasteiger partial charge in [0.15, 0.2) is 5.78 Å². The maximum atomic E-state index is 13.8. The van der Waals surface area contributed by atoms with E-state index in [9.17, 15) is 49.1 Å². The normalized spacial score (nSPS) is 14.5. The molecule has 0 radical (unpaired) electrons. The van der Waals surface area contributed by atoms with E-state index in [2.05, 4.69) is 4.98 Å². The van der Waals surface area contributed by atoms with Crippen molar-refractivity contribution in [1.29, 1.82) is 0 Å². The molecular weight excluding hydrogens is 543 g/mol. The van der Waals surface area contributed by atoms with Crippen LogP contribution in [0.1, 0.15) is 48.7 Å². The topological polar surface area (TPSA) is 50.3 Å². The zero-order valence-corrected chi connectivity index (χ0v) is 19.4. The standard InChI is InChI=1S/C26H15F9N2O2/c27-24(28,29)17-8-15(9-18(10-17)25(30,31)32)21(26(33,34)35)11-22(38)14-4-5-20-16(7-14)12-37(23(20)39)13-19-3-1-2-6-36-19/h1-11H,12-13H2. The highest BCUT2D eigenvalue weighted by molar-refractivity contribution is 6.10. The fourth-order valence-electron chi connectivity index (χ4n) is 4.00. The van der Waals surface area contributed by atoms with E-state index in [0.29, 0.717) is 11.3 Å².